The van der Waals surface area contributed by atoms with Crippen molar-refractivity contribution in [1.82, 2.24) is 30.0 Å². The second-order valence-electron chi connectivity index (χ2n) is 6.60. The fourth-order valence-electron chi connectivity index (χ4n) is 3.57. The first-order chi connectivity index (χ1) is 11.8. The minimum Gasteiger partial charge on any atom is -0.379 e. The zero-order valence-electron chi connectivity index (χ0n) is 14.6. The highest BCUT2D eigenvalue weighted by Crippen LogP contribution is 2.20. The molecule has 8 heteroatoms. The molecule has 24 heavy (non-hydrogen) atoms. The van der Waals surface area contributed by atoms with Gasteiger partial charge < -0.3 is 9.64 Å². The summed E-state index contributed by atoms with van der Waals surface area (Å²) in [6, 6.07) is 0.410. The fourth-order valence-corrected chi connectivity index (χ4v) is 3.57. The minimum atomic E-state index is 0.231. The van der Waals surface area contributed by atoms with Gasteiger partial charge in [-0.1, -0.05) is 6.92 Å². The summed E-state index contributed by atoms with van der Waals surface area (Å²) in [5.74, 6) is 1.06. The van der Waals surface area contributed by atoms with E-state index in [9.17, 15) is 4.79 Å². The third kappa shape index (κ3) is 4.30. The van der Waals surface area contributed by atoms with Gasteiger partial charge in [0, 0.05) is 32.1 Å². The van der Waals surface area contributed by atoms with Gasteiger partial charge in [0.05, 0.1) is 26.3 Å². The molecule has 1 atom stereocenters. The Morgan fingerprint density at radius 1 is 1.25 bits per heavy atom. The molecule has 1 aromatic rings. The van der Waals surface area contributed by atoms with Crippen LogP contribution in [0.2, 0.25) is 0 Å². The zero-order chi connectivity index (χ0) is 16.8. The Hall–Kier alpha value is -1.54. The third-order valence-corrected chi connectivity index (χ3v) is 5.03. The Balaban J connectivity index is 1.52. The molecule has 3 rings (SSSR count). The third-order valence-electron chi connectivity index (χ3n) is 5.03. The predicted octanol–water partition coefficient (Wildman–Crippen LogP) is 0.687. The number of aryl methyl sites for hydroxylation is 1. The zero-order valence-corrected chi connectivity index (χ0v) is 14.6. The lowest BCUT2D eigenvalue weighted by Crippen LogP contribution is -2.43. The van der Waals surface area contributed by atoms with Crippen LogP contribution in [0, 0.1) is 0 Å². The minimum absolute atomic E-state index is 0.231. The lowest BCUT2D eigenvalue weighted by Gasteiger charge is -2.35. The monoisotopic (exact) mass is 336 g/mol. The molecule has 0 spiro atoms. The Morgan fingerprint density at radius 3 is 2.88 bits per heavy atom. The summed E-state index contributed by atoms with van der Waals surface area (Å²) < 4.78 is 7.14. The highest BCUT2D eigenvalue weighted by Gasteiger charge is 2.25. The summed E-state index contributed by atoms with van der Waals surface area (Å²) in [6.07, 6.45) is 5.00. The molecule has 1 aromatic heterocycles. The highest BCUT2D eigenvalue weighted by molar-refractivity contribution is 5.76. The number of carbonyl (C=O) groups is 1. The van der Waals surface area contributed by atoms with Crippen molar-refractivity contribution in [1.29, 1.82) is 0 Å². The topological polar surface area (TPSA) is 76.4 Å². The molecular formula is C16H28N6O2. The van der Waals surface area contributed by atoms with Crippen LogP contribution in [0.4, 0.5) is 0 Å². The van der Waals surface area contributed by atoms with E-state index in [4.69, 9.17) is 4.74 Å². The van der Waals surface area contributed by atoms with Gasteiger partial charge in [0.1, 0.15) is 0 Å². The van der Waals surface area contributed by atoms with Crippen molar-refractivity contribution in [2.24, 2.45) is 0 Å². The molecule has 2 aliphatic rings. The van der Waals surface area contributed by atoms with Crippen molar-refractivity contribution in [3.8, 4) is 0 Å². The van der Waals surface area contributed by atoms with Crippen LogP contribution < -0.4 is 0 Å². The summed E-state index contributed by atoms with van der Waals surface area (Å²) >= 11 is 0. The van der Waals surface area contributed by atoms with Crippen molar-refractivity contribution in [2.75, 3.05) is 32.8 Å². The number of nitrogens with zero attached hydrogens (tertiary/aromatic N) is 6. The van der Waals surface area contributed by atoms with Crippen LogP contribution in [0.15, 0.2) is 0 Å². The van der Waals surface area contributed by atoms with Crippen LogP contribution in [0.3, 0.4) is 0 Å². The fraction of sp³-hybridized carbons (Fsp3) is 0.875. The van der Waals surface area contributed by atoms with E-state index in [2.05, 4.69) is 32.2 Å². The Bertz CT molecular complexity index is 528. The Kier molecular flexibility index (Phi) is 6.14. The summed E-state index contributed by atoms with van der Waals surface area (Å²) in [5.41, 5.74) is 0. The lowest BCUT2D eigenvalue weighted by molar-refractivity contribution is -0.135. The normalized spacial score (nSPS) is 22.7. The van der Waals surface area contributed by atoms with Gasteiger partial charge in [0.2, 0.25) is 5.91 Å². The maximum absolute atomic E-state index is 12.6. The number of hydrogen-bond donors (Lipinski definition) is 0. The number of rotatable bonds is 6. The predicted molar refractivity (Wildman–Crippen MR) is 88.2 cm³/mol. The maximum atomic E-state index is 12.6. The molecule has 2 fully saturated rings. The molecule has 8 nitrogen and oxygen atoms in total. The van der Waals surface area contributed by atoms with Crippen LogP contribution in [0.1, 0.15) is 44.9 Å². The molecule has 3 heterocycles. The molecule has 0 aliphatic carbocycles. The second-order valence-corrected chi connectivity index (χ2v) is 6.60. The van der Waals surface area contributed by atoms with Gasteiger partial charge in [-0.15, -0.1) is 5.10 Å². The molecule has 0 radical (unpaired) electrons. The van der Waals surface area contributed by atoms with Gasteiger partial charge in [0.15, 0.2) is 5.82 Å². The standard InChI is InChI=1S/C16H28N6O2/c1-2-14-5-3-4-7-21(14)16(23)6-8-22-15(17-18-19-22)13-20-9-11-24-12-10-20/h14H,2-13H2,1H3. The second kappa shape index (κ2) is 8.53. The number of hydrogen-bond acceptors (Lipinski definition) is 6. The van der Waals surface area contributed by atoms with E-state index in [0.29, 0.717) is 25.6 Å². The van der Waals surface area contributed by atoms with Crippen molar-refractivity contribution in [3.63, 3.8) is 0 Å². The van der Waals surface area contributed by atoms with Crippen LogP contribution in [0.5, 0.6) is 0 Å². The molecular weight excluding hydrogens is 308 g/mol. The summed E-state index contributed by atoms with van der Waals surface area (Å²) in [6.45, 7) is 7.65. The lowest BCUT2D eigenvalue weighted by atomic mass is 9.99. The molecule has 1 unspecified atom stereocenters. The van der Waals surface area contributed by atoms with Crippen LogP contribution >= 0.6 is 0 Å². The molecule has 2 aliphatic heterocycles. The first kappa shape index (κ1) is 17.3. The Labute approximate surface area is 143 Å². The van der Waals surface area contributed by atoms with Crippen LogP contribution in [0.25, 0.3) is 0 Å². The SMILES string of the molecule is CCC1CCCCN1C(=O)CCn1nnnc1CN1CCOCC1. The molecule has 134 valence electrons. The first-order valence-electron chi connectivity index (χ1n) is 9.12. The van der Waals surface area contributed by atoms with E-state index in [1.807, 2.05) is 0 Å². The smallest absolute Gasteiger partial charge is 0.224 e. The number of morpholine rings is 1. The van der Waals surface area contributed by atoms with Crippen LogP contribution in [-0.4, -0.2) is 74.8 Å². The largest absolute Gasteiger partial charge is 0.379 e. The van der Waals surface area contributed by atoms with Crippen molar-refractivity contribution in [2.45, 2.75) is 58.2 Å². The van der Waals surface area contributed by atoms with E-state index in [1.54, 1.807) is 4.68 Å². The average Bonchev–Trinajstić information content (AvgIpc) is 3.07. The molecule has 0 N–H and O–H groups in total. The van der Waals surface area contributed by atoms with Gasteiger partial charge in [-0.2, -0.15) is 0 Å². The van der Waals surface area contributed by atoms with Gasteiger partial charge in [-0.05, 0) is 36.1 Å². The number of tetrazole rings is 1. The summed E-state index contributed by atoms with van der Waals surface area (Å²) in [7, 11) is 0. The van der Waals surface area contributed by atoms with E-state index < -0.39 is 0 Å². The molecule has 0 saturated carbocycles. The van der Waals surface area contributed by atoms with Crippen LogP contribution in [-0.2, 0) is 22.6 Å². The molecule has 1 amide bonds. The summed E-state index contributed by atoms with van der Waals surface area (Å²) in [4.78, 5) is 16.9. The van der Waals surface area contributed by atoms with E-state index >= 15 is 0 Å². The highest BCUT2D eigenvalue weighted by atomic mass is 16.5. The number of carbonyl (C=O) groups excluding carboxylic acids is 1. The van der Waals surface area contributed by atoms with Gasteiger partial charge in [-0.3, -0.25) is 9.69 Å². The number of ether oxygens (including phenoxy) is 1. The quantitative estimate of drug-likeness (QED) is 0.761. The number of piperidine rings is 1. The first-order valence-corrected chi connectivity index (χ1v) is 9.12. The van der Waals surface area contributed by atoms with Crippen molar-refractivity contribution in [3.05, 3.63) is 5.82 Å². The number of aromatic nitrogens is 4. The molecule has 0 aromatic carbocycles. The van der Waals surface area contributed by atoms with Gasteiger partial charge in [-0.25, -0.2) is 4.68 Å². The molecule has 0 bridgehead atoms. The summed E-state index contributed by atoms with van der Waals surface area (Å²) in [5, 5.41) is 12.0. The van der Waals surface area contributed by atoms with Crippen molar-refractivity contribution >= 4 is 5.91 Å². The van der Waals surface area contributed by atoms with E-state index in [0.717, 1.165) is 57.9 Å². The average molecular weight is 336 g/mol. The van der Waals surface area contributed by atoms with Gasteiger partial charge in [0.25, 0.3) is 0 Å². The number of likely N-dealkylation sites (tertiary alicyclic amines) is 1. The van der Waals surface area contributed by atoms with Gasteiger partial charge >= 0.3 is 0 Å². The van der Waals surface area contributed by atoms with E-state index in [1.165, 1.54) is 6.42 Å². The van der Waals surface area contributed by atoms with Crippen molar-refractivity contribution < 1.29 is 9.53 Å². The maximum Gasteiger partial charge on any atom is 0.224 e. The molecule has 2 saturated heterocycles. The van der Waals surface area contributed by atoms with E-state index in [-0.39, 0.29) is 5.91 Å². The Morgan fingerprint density at radius 2 is 2.08 bits per heavy atom. The number of amides is 1.